The van der Waals surface area contributed by atoms with Crippen LogP contribution in [0.25, 0.3) is 10.8 Å². The average molecular weight is 244 g/mol. The van der Waals surface area contributed by atoms with Gasteiger partial charge in [0.1, 0.15) is 5.92 Å². The maximum atomic E-state index is 11.4. The minimum absolute atomic E-state index is 0.298. The molecule has 1 unspecified atom stereocenters. The fourth-order valence-electron chi connectivity index (χ4n) is 2.11. The van der Waals surface area contributed by atoms with Crippen LogP contribution in [-0.4, -0.2) is 21.3 Å². The van der Waals surface area contributed by atoms with Gasteiger partial charge in [-0.25, -0.2) is 0 Å². The smallest absolute Gasteiger partial charge is 0.312 e. The van der Waals surface area contributed by atoms with E-state index >= 15 is 0 Å². The van der Waals surface area contributed by atoms with E-state index in [0.717, 1.165) is 10.8 Å². The Kier molecular flexibility index (Phi) is 3.55. The summed E-state index contributed by atoms with van der Waals surface area (Å²) in [6, 6.07) is 7.62. The molecule has 1 heterocycles. The molecule has 1 aromatic carbocycles. The molecule has 1 aromatic heterocycles. The van der Waals surface area contributed by atoms with Gasteiger partial charge in [0, 0.05) is 10.8 Å². The molecule has 18 heavy (non-hydrogen) atoms. The molecule has 0 fully saturated rings. The first kappa shape index (κ1) is 12.5. The molecule has 0 amide bonds. The van der Waals surface area contributed by atoms with Gasteiger partial charge >= 0.3 is 5.97 Å². The van der Waals surface area contributed by atoms with Gasteiger partial charge in [-0.15, -0.1) is 0 Å². The van der Waals surface area contributed by atoms with Gasteiger partial charge < -0.3 is 5.11 Å². The normalized spacial score (nSPS) is 12.8. The van der Waals surface area contributed by atoms with E-state index in [0.29, 0.717) is 18.0 Å². The van der Waals surface area contributed by atoms with Gasteiger partial charge in [0.15, 0.2) is 0 Å². The molecule has 94 valence electrons. The Hall–Kier alpha value is -1.97. The molecular weight excluding hydrogens is 228 g/mol. The molecule has 2 rings (SSSR count). The zero-order valence-corrected chi connectivity index (χ0v) is 10.5. The van der Waals surface area contributed by atoms with Crippen molar-refractivity contribution in [1.82, 2.24) is 10.2 Å². The third kappa shape index (κ3) is 2.47. The predicted molar refractivity (Wildman–Crippen MR) is 69.4 cm³/mol. The van der Waals surface area contributed by atoms with Gasteiger partial charge in [0.25, 0.3) is 0 Å². The Labute approximate surface area is 106 Å². The highest BCUT2D eigenvalue weighted by molar-refractivity contribution is 5.88. The SMILES string of the molecule is CC(C)CC(C(=O)O)c1nncc2ccccc12. The summed E-state index contributed by atoms with van der Waals surface area (Å²) in [5.41, 5.74) is 0.564. The van der Waals surface area contributed by atoms with Gasteiger partial charge in [-0.3, -0.25) is 4.79 Å². The molecule has 0 saturated carbocycles. The van der Waals surface area contributed by atoms with Crippen LogP contribution in [0.2, 0.25) is 0 Å². The summed E-state index contributed by atoms with van der Waals surface area (Å²) in [4.78, 5) is 11.4. The van der Waals surface area contributed by atoms with Crippen molar-refractivity contribution in [2.45, 2.75) is 26.2 Å². The maximum absolute atomic E-state index is 11.4. The third-order valence-electron chi connectivity index (χ3n) is 2.93. The molecule has 0 spiro atoms. The van der Waals surface area contributed by atoms with Crippen LogP contribution in [0, 0.1) is 5.92 Å². The monoisotopic (exact) mass is 244 g/mol. The van der Waals surface area contributed by atoms with E-state index in [1.807, 2.05) is 38.1 Å². The number of carboxylic acids is 1. The second kappa shape index (κ2) is 5.12. The second-order valence-electron chi connectivity index (χ2n) is 4.84. The molecule has 2 aromatic rings. The van der Waals surface area contributed by atoms with Crippen LogP contribution < -0.4 is 0 Å². The number of hydrogen-bond donors (Lipinski definition) is 1. The van der Waals surface area contributed by atoms with Gasteiger partial charge in [0.05, 0.1) is 11.9 Å². The van der Waals surface area contributed by atoms with Crippen LogP contribution >= 0.6 is 0 Å². The molecule has 1 atom stereocenters. The standard InChI is InChI=1S/C14H16N2O2/c1-9(2)7-12(14(17)18)13-11-6-4-3-5-10(11)8-15-16-13/h3-6,8-9,12H,7H2,1-2H3,(H,17,18). The van der Waals surface area contributed by atoms with Gasteiger partial charge in [-0.2, -0.15) is 10.2 Å². The number of aliphatic carboxylic acids is 1. The Morgan fingerprint density at radius 2 is 2.06 bits per heavy atom. The van der Waals surface area contributed by atoms with Crippen LogP contribution in [-0.2, 0) is 4.79 Å². The minimum Gasteiger partial charge on any atom is -0.481 e. The van der Waals surface area contributed by atoms with E-state index in [1.165, 1.54) is 0 Å². The van der Waals surface area contributed by atoms with Crippen LogP contribution in [0.1, 0.15) is 31.9 Å². The van der Waals surface area contributed by atoms with Gasteiger partial charge in [-0.1, -0.05) is 38.1 Å². The number of carbonyl (C=O) groups is 1. The molecule has 0 bridgehead atoms. The van der Waals surface area contributed by atoms with E-state index in [4.69, 9.17) is 0 Å². The number of carboxylic acid groups (broad SMARTS) is 1. The summed E-state index contributed by atoms with van der Waals surface area (Å²) in [5, 5.41) is 19.1. The van der Waals surface area contributed by atoms with E-state index in [1.54, 1.807) is 6.20 Å². The van der Waals surface area contributed by atoms with Crippen molar-refractivity contribution in [3.05, 3.63) is 36.2 Å². The number of hydrogen-bond acceptors (Lipinski definition) is 3. The lowest BCUT2D eigenvalue weighted by atomic mass is 9.91. The molecule has 4 nitrogen and oxygen atoms in total. The van der Waals surface area contributed by atoms with E-state index < -0.39 is 11.9 Å². The van der Waals surface area contributed by atoms with Crippen molar-refractivity contribution in [3.63, 3.8) is 0 Å². The molecule has 4 heteroatoms. The Balaban J connectivity index is 2.53. The van der Waals surface area contributed by atoms with Crippen LogP contribution in [0.4, 0.5) is 0 Å². The van der Waals surface area contributed by atoms with Crippen molar-refractivity contribution < 1.29 is 9.90 Å². The molecular formula is C14H16N2O2. The van der Waals surface area contributed by atoms with Crippen molar-refractivity contribution in [2.75, 3.05) is 0 Å². The molecule has 1 N–H and O–H groups in total. The van der Waals surface area contributed by atoms with Crippen LogP contribution in [0.5, 0.6) is 0 Å². The van der Waals surface area contributed by atoms with E-state index in [9.17, 15) is 9.90 Å². The summed E-state index contributed by atoms with van der Waals surface area (Å²) in [5.74, 6) is -1.13. The summed E-state index contributed by atoms with van der Waals surface area (Å²) in [7, 11) is 0. The lowest BCUT2D eigenvalue weighted by Crippen LogP contribution is -2.16. The molecule has 0 saturated heterocycles. The first-order valence-electron chi connectivity index (χ1n) is 6.02. The maximum Gasteiger partial charge on any atom is 0.312 e. The number of rotatable bonds is 4. The van der Waals surface area contributed by atoms with Crippen LogP contribution in [0.15, 0.2) is 30.5 Å². The minimum atomic E-state index is -0.839. The number of nitrogens with zero attached hydrogens (tertiary/aromatic N) is 2. The fraction of sp³-hybridized carbons (Fsp3) is 0.357. The topological polar surface area (TPSA) is 63.1 Å². The lowest BCUT2D eigenvalue weighted by molar-refractivity contribution is -0.139. The van der Waals surface area contributed by atoms with Crippen molar-refractivity contribution in [3.8, 4) is 0 Å². The molecule has 0 aliphatic carbocycles. The zero-order valence-electron chi connectivity index (χ0n) is 10.5. The first-order chi connectivity index (χ1) is 8.59. The highest BCUT2D eigenvalue weighted by Crippen LogP contribution is 2.27. The summed E-state index contributed by atoms with van der Waals surface area (Å²) >= 11 is 0. The van der Waals surface area contributed by atoms with E-state index in [-0.39, 0.29) is 0 Å². The second-order valence-corrected chi connectivity index (χ2v) is 4.84. The highest BCUT2D eigenvalue weighted by atomic mass is 16.4. The largest absolute Gasteiger partial charge is 0.481 e. The molecule has 0 aliphatic rings. The van der Waals surface area contributed by atoms with Crippen molar-refractivity contribution in [1.29, 1.82) is 0 Å². The van der Waals surface area contributed by atoms with Crippen LogP contribution in [0.3, 0.4) is 0 Å². The van der Waals surface area contributed by atoms with Gasteiger partial charge in [0.2, 0.25) is 0 Å². The zero-order chi connectivity index (χ0) is 13.1. The fourth-order valence-corrected chi connectivity index (χ4v) is 2.11. The lowest BCUT2D eigenvalue weighted by Gasteiger charge is -2.15. The first-order valence-corrected chi connectivity index (χ1v) is 6.02. The van der Waals surface area contributed by atoms with E-state index in [2.05, 4.69) is 10.2 Å². The predicted octanol–water partition coefficient (Wildman–Crippen LogP) is 2.84. The van der Waals surface area contributed by atoms with Crippen molar-refractivity contribution >= 4 is 16.7 Å². The average Bonchev–Trinajstić information content (AvgIpc) is 2.35. The van der Waals surface area contributed by atoms with Gasteiger partial charge in [-0.05, 0) is 12.3 Å². The molecule has 0 radical (unpaired) electrons. The number of benzene rings is 1. The Morgan fingerprint density at radius 3 is 2.72 bits per heavy atom. The summed E-state index contributed by atoms with van der Waals surface area (Å²) < 4.78 is 0. The Bertz CT molecular complexity index is 561. The number of fused-ring (bicyclic) bond motifs is 1. The quantitative estimate of drug-likeness (QED) is 0.898. The van der Waals surface area contributed by atoms with Crippen molar-refractivity contribution in [2.24, 2.45) is 5.92 Å². The number of aromatic nitrogens is 2. The summed E-state index contributed by atoms with van der Waals surface area (Å²) in [6.45, 7) is 4.02. The third-order valence-corrected chi connectivity index (χ3v) is 2.93. The highest BCUT2D eigenvalue weighted by Gasteiger charge is 2.24. The molecule has 0 aliphatic heterocycles. The summed E-state index contributed by atoms with van der Waals surface area (Å²) in [6.07, 6.45) is 2.23. The Morgan fingerprint density at radius 1 is 1.33 bits per heavy atom.